The molecule has 0 bridgehead atoms. The SMILES string of the molecule is CCCN(CCC)CCC(O)c1cc2c(c3ccccc13)CCCC2.Cl. The molecular weight excluding hydrogens is 342 g/mol. The van der Waals surface area contributed by atoms with Crippen LogP contribution in [0.2, 0.25) is 0 Å². The number of hydrogen-bond acceptors (Lipinski definition) is 2. The van der Waals surface area contributed by atoms with Crippen LogP contribution in [-0.2, 0) is 12.8 Å². The van der Waals surface area contributed by atoms with Crippen molar-refractivity contribution in [3.63, 3.8) is 0 Å². The second-order valence-corrected chi connectivity index (χ2v) is 7.50. The second kappa shape index (κ2) is 10.3. The van der Waals surface area contributed by atoms with Crippen molar-refractivity contribution in [1.82, 2.24) is 4.90 Å². The molecule has 2 aromatic carbocycles. The molecular formula is C23H34ClNO. The molecule has 0 amide bonds. The lowest BCUT2D eigenvalue weighted by Gasteiger charge is -2.25. The van der Waals surface area contributed by atoms with Gasteiger partial charge in [-0.1, -0.05) is 44.2 Å². The molecule has 2 aromatic rings. The third-order valence-corrected chi connectivity index (χ3v) is 5.56. The Kier molecular flexibility index (Phi) is 8.40. The van der Waals surface area contributed by atoms with Crippen LogP contribution in [0.3, 0.4) is 0 Å². The monoisotopic (exact) mass is 375 g/mol. The third kappa shape index (κ3) is 4.79. The van der Waals surface area contributed by atoms with E-state index in [1.807, 2.05) is 0 Å². The minimum atomic E-state index is -0.367. The number of hydrogen-bond donors (Lipinski definition) is 1. The first-order chi connectivity index (χ1) is 12.2. The van der Waals surface area contributed by atoms with Gasteiger partial charge in [0.15, 0.2) is 0 Å². The van der Waals surface area contributed by atoms with Gasteiger partial charge in [0.2, 0.25) is 0 Å². The number of halogens is 1. The number of aliphatic hydroxyl groups is 1. The molecule has 1 unspecified atom stereocenters. The van der Waals surface area contributed by atoms with E-state index in [1.165, 1.54) is 54.0 Å². The zero-order chi connectivity index (χ0) is 17.6. The summed E-state index contributed by atoms with van der Waals surface area (Å²) in [7, 11) is 0. The average Bonchev–Trinajstić information content (AvgIpc) is 2.65. The van der Waals surface area contributed by atoms with Gasteiger partial charge in [0.05, 0.1) is 6.10 Å². The van der Waals surface area contributed by atoms with Gasteiger partial charge in [-0.2, -0.15) is 0 Å². The van der Waals surface area contributed by atoms with Crippen molar-refractivity contribution in [2.45, 2.75) is 64.9 Å². The van der Waals surface area contributed by atoms with Crippen LogP contribution in [0.4, 0.5) is 0 Å². The van der Waals surface area contributed by atoms with Crippen molar-refractivity contribution in [2.75, 3.05) is 19.6 Å². The third-order valence-electron chi connectivity index (χ3n) is 5.56. The highest BCUT2D eigenvalue weighted by atomic mass is 35.5. The van der Waals surface area contributed by atoms with Crippen molar-refractivity contribution in [2.24, 2.45) is 0 Å². The number of fused-ring (bicyclic) bond motifs is 3. The van der Waals surface area contributed by atoms with Crippen molar-refractivity contribution in [3.8, 4) is 0 Å². The van der Waals surface area contributed by atoms with Gasteiger partial charge in [0, 0.05) is 6.54 Å². The maximum Gasteiger partial charge on any atom is 0.0808 e. The fraction of sp³-hybridized carbons (Fsp3) is 0.565. The van der Waals surface area contributed by atoms with Gasteiger partial charge < -0.3 is 10.0 Å². The molecule has 0 radical (unpaired) electrons. The lowest BCUT2D eigenvalue weighted by atomic mass is 9.84. The molecule has 3 heteroatoms. The first-order valence-electron chi connectivity index (χ1n) is 10.2. The fourth-order valence-electron chi connectivity index (χ4n) is 4.36. The molecule has 0 spiro atoms. The van der Waals surface area contributed by atoms with E-state index >= 15 is 0 Å². The summed E-state index contributed by atoms with van der Waals surface area (Å²) in [5, 5.41) is 13.6. The van der Waals surface area contributed by atoms with E-state index in [0.29, 0.717) is 0 Å². The molecule has 1 N–H and O–H groups in total. The van der Waals surface area contributed by atoms with Crippen LogP contribution < -0.4 is 0 Å². The van der Waals surface area contributed by atoms with Crippen molar-refractivity contribution < 1.29 is 5.11 Å². The Morgan fingerprint density at radius 3 is 2.31 bits per heavy atom. The summed E-state index contributed by atoms with van der Waals surface area (Å²) in [4.78, 5) is 2.49. The Hall–Kier alpha value is -1.09. The van der Waals surface area contributed by atoms with Gasteiger partial charge in [0.25, 0.3) is 0 Å². The summed E-state index contributed by atoms with van der Waals surface area (Å²) in [6.45, 7) is 7.71. The summed E-state index contributed by atoms with van der Waals surface area (Å²) < 4.78 is 0. The Bertz CT molecular complexity index is 694. The lowest BCUT2D eigenvalue weighted by molar-refractivity contribution is 0.143. The fourth-order valence-corrected chi connectivity index (χ4v) is 4.36. The second-order valence-electron chi connectivity index (χ2n) is 7.50. The zero-order valence-corrected chi connectivity index (χ0v) is 17.2. The van der Waals surface area contributed by atoms with Crippen LogP contribution in [0.1, 0.15) is 68.7 Å². The molecule has 0 fully saturated rings. The molecule has 26 heavy (non-hydrogen) atoms. The number of nitrogens with zero attached hydrogens (tertiary/aromatic N) is 1. The smallest absolute Gasteiger partial charge is 0.0808 e. The van der Waals surface area contributed by atoms with Gasteiger partial charge in [-0.3, -0.25) is 0 Å². The molecule has 1 aliphatic rings. The van der Waals surface area contributed by atoms with E-state index in [9.17, 15) is 5.11 Å². The molecule has 3 rings (SSSR count). The molecule has 144 valence electrons. The molecule has 0 aliphatic heterocycles. The van der Waals surface area contributed by atoms with Crippen molar-refractivity contribution in [1.29, 1.82) is 0 Å². The molecule has 0 aromatic heterocycles. The van der Waals surface area contributed by atoms with Gasteiger partial charge in [-0.05, 0) is 85.5 Å². The molecule has 1 atom stereocenters. The highest BCUT2D eigenvalue weighted by Crippen LogP contribution is 2.35. The normalized spacial score (nSPS) is 14.9. The van der Waals surface area contributed by atoms with Gasteiger partial charge >= 0.3 is 0 Å². The van der Waals surface area contributed by atoms with Crippen LogP contribution in [0, 0.1) is 0 Å². The molecule has 2 nitrogen and oxygen atoms in total. The molecule has 0 heterocycles. The minimum absolute atomic E-state index is 0. The highest BCUT2D eigenvalue weighted by molar-refractivity contribution is 5.90. The van der Waals surface area contributed by atoms with E-state index in [2.05, 4.69) is 49.1 Å². The quantitative estimate of drug-likeness (QED) is 0.641. The van der Waals surface area contributed by atoms with Crippen LogP contribution >= 0.6 is 12.4 Å². The first-order valence-corrected chi connectivity index (χ1v) is 10.2. The van der Waals surface area contributed by atoms with Crippen molar-refractivity contribution in [3.05, 3.63) is 47.0 Å². The van der Waals surface area contributed by atoms with Crippen molar-refractivity contribution >= 4 is 23.2 Å². The maximum atomic E-state index is 11.0. The van der Waals surface area contributed by atoms with Crippen LogP contribution in [0.15, 0.2) is 30.3 Å². The predicted octanol–water partition coefficient (Wildman–Crippen LogP) is 5.69. The number of aliphatic hydroxyl groups excluding tert-OH is 1. The topological polar surface area (TPSA) is 23.5 Å². The first kappa shape index (κ1) is 21.2. The van der Waals surface area contributed by atoms with E-state index in [0.717, 1.165) is 38.0 Å². The van der Waals surface area contributed by atoms with Crippen LogP contribution in [0.5, 0.6) is 0 Å². The Balaban J connectivity index is 0.00000243. The maximum absolute atomic E-state index is 11.0. The summed E-state index contributed by atoms with van der Waals surface area (Å²) in [6, 6.07) is 11.0. The number of rotatable bonds is 8. The number of aryl methyl sites for hydroxylation is 2. The van der Waals surface area contributed by atoms with E-state index in [1.54, 1.807) is 0 Å². The molecule has 0 saturated heterocycles. The van der Waals surface area contributed by atoms with Crippen LogP contribution in [0.25, 0.3) is 10.8 Å². The van der Waals surface area contributed by atoms with Gasteiger partial charge in [0.1, 0.15) is 0 Å². The Morgan fingerprint density at radius 2 is 1.62 bits per heavy atom. The number of benzene rings is 2. The summed E-state index contributed by atoms with van der Waals surface area (Å²) >= 11 is 0. The van der Waals surface area contributed by atoms with E-state index in [4.69, 9.17) is 0 Å². The molecule has 1 aliphatic carbocycles. The summed E-state index contributed by atoms with van der Waals surface area (Å²) in [5.41, 5.74) is 4.14. The Morgan fingerprint density at radius 1 is 0.962 bits per heavy atom. The Labute approximate surface area is 165 Å². The van der Waals surface area contributed by atoms with Crippen LogP contribution in [-0.4, -0.2) is 29.6 Å². The predicted molar refractivity (Wildman–Crippen MR) is 114 cm³/mol. The summed E-state index contributed by atoms with van der Waals surface area (Å²) in [6.07, 6.45) is 7.74. The largest absolute Gasteiger partial charge is 0.388 e. The lowest BCUT2D eigenvalue weighted by Crippen LogP contribution is -2.27. The van der Waals surface area contributed by atoms with Gasteiger partial charge in [-0.25, -0.2) is 0 Å². The average molecular weight is 376 g/mol. The summed E-state index contributed by atoms with van der Waals surface area (Å²) in [5.74, 6) is 0. The standard InChI is InChI=1S/C23H33NO.ClH/c1-3-14-24(15-4-2)16-13-23(25)22-17-18-9-5-6-10-19(18)20-11-7-8-12-21(20)22;/h7-8,11-12,17,23,25H,3-6,9-10,13-16H2,1-2H3;1H. The molecule has 0 saturated carbocycles. The minimum Gasteiger partial charge on any atom is -0.388 e. The van der Waals surface area contributed by atoms with E-state index in [-0.39, 0.29) is 18.5 Å². The zero-order valence-electron chi connectivity index (χ0n) is 16.3. The van der Waals surface area contributed by atoms with E-state index < -0.39 is 0 Å². The highest BCUT2D eigenvalue weighted by Gasteiger charge is 2.19. The van der Waals surface area contributed by atoms with Gasteiger partial charge in [-0.15, -0.1) is 12.4 Å².